The molecule has 0 aromatic heterocycles. The molecule has 0 amide bonds. The number of rotatable bonds is 6. The molecule has 0 radical (unpaired) electrons. The standard InChI is InChI=1S/C9H20O3/c1-8(2)6-4-3-5-7-9(10,11)12/h8,10-12H,3-7H2,1-2H3. The highest BCUT2D eigenvalue weighted by Crippen LogP contribution is 2.12. The summed E-state index contributed by atoms with van der Waals surface area (Å²) >= 11 is 0. The molecule has 0 heterocycles. The smallest absolute Gasteiger partial charge is 0.275 e. The summed E-state index contributed by atoms with van der Waals surface area (Å²) in [6, 6.07) is 0. The van der Waals surface area contributed by atoms with Crippen LogP contribution in [0, 0.1) is 5.92 Å². The van der Waals surface area contributed by atoms with Crippen molar-refractivity contribution in [1.29, 1.82) is 0 Å². The lowest BCUT2D eigenvalue weighted by molar-refractivity contribution is -0.315. The summed E-state index contributed by atoms with van der Waals surface area (Å²) in [6.07, 6.45) is 3.91. The van der Waals surface area contributed by atoms with Gasteiger partial charge in [0.1, 0.15) is 0 Å². The van der Waals surface area contributed by atoms with E-state index in [1.165, 1.54) is 0 Å². The summed E-state index contributed by atoms with van der Waals surface area (Å²) < 4.78 is 0. The molecule has 0 saturated heterocycles. The third kappa shape index (κ3) is 9.88. The topological polar surface area (TPSA) is 60.7 Å². The van der Waals surface area contributed by atoms with Gasteiger partial charge in [-0.1, -0.05) is 33.1 Å². The van der Waals surface area contributed by atoms with Crippen LogP contribution in [0.3, 0.4) is 0 Å². The molecule has 0 aromatic rings. The molecule has 0 fully saturated rings. The Morgan fingerprint density at radius 1 is 1.00 bits per heavy atom. The first kappa shape index (κ1) is 11.9. The Labute approximate surface area is 74.0 Å². The van der Waals surface area contributed by atoms with Gasteiger partial charge in [0.15, 0.2) is 0 Å². The van der Waals surface area contributed by atoms with Gasteiger partial charge < -0.3 is 15.3 Å². The van der Waals surface area contributed by atoms with Gasteiger partial charge in [-0.2, -0.15) is 0 Å². The molecule has 0 aliphatic carbocycles. The predicted octanol–water partition coefficient (Wildman–Crippen LogP) is 1.22. The van der Waals surface area contributed by atoms with E-state index in [2.05, 4.69) is 13.8 Å². The summed E-state index contributed by atoms with van der Waals surface area (Å²) in [4.78, 5) is 0. The lowest BCUT2D eigenvalue weighted by atomic mass is 10.0. The number of unbranched alkanes of at least 4 members (excludes halogenated alkanes) is 2. The summed E-state index contributed by atoms with van der Waals surface area (Å²) in [7, 11) is 0. The number of hydrogen-bond donors (Lipinski definition) is 3. The van der Waals surface area contributed by atoms with Crippen molar-refractivity contribution in [3.63, 3.8) is 0 Å². The first-order valence-electron chi connectivity index (χ1n) is 4.59. The number of aliphatic hydroxyl groups is 3. The van der Waals surface area contributed by atoms with Gasteiger partial charge in [0.2, 0.25) is 0 Å². The average Bonchev–Trinajstić information content (AvgIpc) is 1.83. The normalized spacial score (nSPS) is 12.5. The average molecular weight is 176 g/mol. The van der Waals surface area contributed by atoms with Crippen LogP contribution in [0.4, 0.5) is 0 Å². The Bertz CT molecular complexity index is 105. The second kappa shape index (κ2) is 5.51. The molecule has 0 saturated carbocycles. The fourth-order valence-corrected chi connectivity index (χ4v) is 1.09. The Morgan fingerprint density at radius 3 is 2.00 bits per heavy atom. The van der Waals surface area contributed by atoms with E-state index in [1.54, 1.807) is 0 Å². The highest BCUT2D eigenvalue weighted by Gasteiger charge is 2.16. The fraction of sp³-hybridized carbons (Fsp3) is 1.00. The van der Waals surface area contributed by atoms with Crippen molar-refractivity contribution in [1.82, 2.24) is 0 Å². The third-order valence-electron chi connectivity index (χ3n) is 1.79. The van der Waals surface area contributed by atoms with E-state index in [1.807, 2.05) is 0 Å². The van der Waals surface area contributed by atoms with E-state index in [0.717, 1.165) is 19.3 Å². The predicted molar refractivity (Wildman–Crippen MR) is 47.3 cm³/mol. The van der Waals surface area contributed by atoms with Crippen LogP contribution in [0.5, 0.6) is 0 Å². The minimum Gasteiger partial charge on any atom is -0.344 e. The van der Waals surface area contributed by atoms with Crippen molar-refractivity contribution in [3.8, 4) is 0 Å². The van der Waals surface area contributed by atoms with Crippen molar-refractivity contribution in [2.75, 3.05) is 0 Å². The molecule has 74 valence electrons. The van der Waals surface area contributed by atoms with Crippen molar-refractivity contribution in [2.45, 2.75) is 51.9 Å². The van der Waals surface area contributed by atoms with Crippen molar-refractivity contribution in [2.24, 2.45) is 5.92 Å². The second-order valence-electron chi connectivity index (χ2n) is 3.77. The Balaban J connectivity index is 3.12. The van der Waals surface area contributed by atoms with Gasteiger partial charge in [-0.05, 0) is 12.3 Å². The van der Waals surface area contributed by atoms with Gasteiger partial charge in [0, 0.05) is 6.42 Å². The molecule has 0 aliphatic rings. The van der Waals surface area contributed by atoms with Crippen LogP contribution in [0.1, 0.15) is 46.0 Å². The second-order valence-corrected chi connectivity index (χ2v) is 3.77. The zero-order chi connectivity index (χ0) is 9.61. The van der Waals surface area contributed by atoms with E-state index >= 15 is 0 Å². The molecule has 0 rings (SSSR count). The van der Waals surface area contributed by atoms with Gasteiger partial charge in [0.25, 0.3) is 5.97 Å². The Hall–Kier alpha value is -0.120. The summed E-state index contributed by atoms with van der Waals surface area (Å²) in [5.74, 6) is -1.76. The van der Waals surface area contributed by atoms with Crippen LogP contribution in [0.15, 0.2) is 0 Å². The van der Waals surface area contributed by atoms with Crippen molar-refractivity contribution >= 4 is 0 Å². The maximum absolute atomic E-state index is 8.54. The zero-order valence-electron chi connectivity index (χ0n) is 7.95. The molecule has 0 bridgehead atoms. The summed E-state index contributed by atoms with van der Waals surface area (Å²) in [5, 5.41) is 25.6. The molecule has 0 aromatic carbocycles. The molecule has 0 unspecified atom stereocenters. The summed E-state index contributed by atoms with van der Waals surface area (Å²) in [6.45, 7) is 4.32. The highest BCUT2D eigenvalue weighted by atomic mass is 16.7. The molecule has 0 atom stereocenters. The van der Waals surface area contributed by atoms with Crippen LogP contribution < -0.4 is 0 Å². The number of hydrogen-bond acceptors (Lipinski definition) is 3. The molecule has 3 nitrogen and oxygen atoms in total. The minimum atomic E-state index is -2.46. The highest BCUT2D eigenvalue weighted by molar-refractivity contribution is 4.51. The van der Waals surface area contributed by atoms with E-state index in [0.29, 0.717) is 12.3 Å². The maximum Gasteiger partial charge on any atom is 0.275 e. The lowest BCUT2D eigenvalue weighted by Crippen LogP contribution is -2.26. The largest absolute Gasteiger partial charge is 0.344 e. The van der Waals surface area contributed by atoms with E-state index in [9.17, 15) is 0 Å². The lowest BCUT2D eigenvalue weighted by Gasteiger charge is -2.13. The molecule has 0 spiro atoms. The first-order chi connectivity index (χ1) is 5.42. The SMILES string of the molecule is CC(C)CCCCCC(O)(O)O. The van der Waals surface area contributed by atoms with Gasteiger partial charge in [0.05, 0.1) is 0 Å². The Kier molecular flexibility index (Phi) is 5.46. The minimum absolute atomic E-state index is 0.0467. The molecular weight excluding hydrogens is 156 g/mol. The van der Waals surface area contributed by atoms with Crippen LogP contribution in [0.25, 0.3) is 0 Å². The van der Waals surface area contributed by atoms with Gasteiger partial charge >= 0.3 is 0 Å². The molecule has 3 N–H and O–H groups in total. The van der Waals surface area contributed by atoms with Gasteiger partial charge in [-0.15, -0.1) is 0 Å². The zero-order valence-corrected chi connectivity index (χ0v) is 7.95. The molecule has 3 heteroatoms. The quantitative estimate of drug-likeness (QED) is 0.421. The van der Waals surface area contributed by atoms with E-state index < -0.39 is 5.97 Å². The first-order valence-corrected chi connectivity index (χ1v) is 4.59. The van der Waals surface area contributed by atoms with Crippen molar-refractivity contribution in [3.05, 3.63) is 0 Å². The maximum atomic E-state index is 8.54. The molecular formula is C9H20O3. The van der Waals surface area contributed by atoms with Gasteiger partial charge in [-0.3, -0.25) is 0 Å². The van der Waals surface area contributed by atoms with E-state index in [4.69, 9.17) is 15.3 Å². The van der Waals surface area contributed by atoms with Crippen LogP contribution in [-0.4, -0.2) is 21.3 Å². The summed E-state index contributed by atoms with van der Waals surface area (Å²) in [5.41, 5.74) is 0. The molecule has 0 aliphatic heterocycles. The Morgan fingerprint density at radius 2 is 1.58 bits per heavy atom. The van der Waals surface area contributed by atoms with Crippen LogP contribution in [-0.2, 0) is 0 Å². The van der Waals surface area contributed by atoms with Gasteiger partial charge in [-0.25, -0.2) is 0 Å². The fourth-order valence-electron chi connectivity index (χ4n) is 1.09. The monoisotopic (exact) mass is 176 g/mol. The third-order valence-corrected chi connectivity index (χ3v) is 1.79. The molecule has 12 heavy (non-hydrogen) atoms. The van der Waals surface area contributed by atoms with Crippen molar-refractivity contribution < 1.29 is 15.3 Å². The van der Waals surface area contributed by atoms with Crippen LogP contribution >= 0.6 is 0 Å². The van der Waals surface area contributed by atoms with E-state index in [-0.39, 0.29) is 6.42 Å². The van der Waals surface area contributed by atoms with Crippen LogP contribution in [0.2, 0.25) is 0 Å².